The van der Waals surface area contributed by atoms with E-state index in [1.807, 2.05) is 31.2 Å². The summed E-state index contributed by atoms with van der Waals surface area (Å²) in [4.78, 5) is 12.3. The van der Waals surface area contributed by atoms with E-state index in [1.165, 1.54) is 16.8 Å². The van der Waals surface area contributed by atoms with Gasteiger partial charge in [-0.3, -0.25) is 4.79 Å². The number of hydrogen-bond donors (Lipinski definition) is 2. The fourth-order valence-electron chi connectivity index (χ4n) is 2.42. The standard InChI is InChI=1S/C18H18FN5O/c1-12-4-2-3-5-14(12)11-24-17(20)16(22-23-24)18(25)21-10-13-6-8-15(19)9-7-13/h2-9H,10-11,20H2,1H3,(H,21,25). The van der Waals surface area contributed by atoms with Gasteiger partial charge in [0.15, 0.2) is 11.5 Å². The van der Waals surface area contributed by atoms with Gasteiger partial charge in [-0.25, -0.2) is 9.07 Å². The van der Waals surface area contributed by atoms with E-state index in [0.717, 1.165) is 16.7 Å². The highest BCUT2D eigenvalue weighted by atomic mass is 19.1. The number of halogens is 1. The minimum Gasteiger partial charge on any atom is -0.382 e. The molecule has 3 N–H and O–H groups in total. The van der Waals surface area contributed by atoms with Crippen molar-refractivity contribution < 1.29 is 9.18 Å². The Hall–Kier alpha value is -3.22. The summed E-state index contributed by atoms with van der Waals surface area (Å²) in [7, 11) is 0. The lowest BCUT2D eigenvalue weighted by atomic mass is 10.1. The van der Waals surface area contributed by atoms with Gasteiger partial charge in [0.2, 0.25) is 0 Å². The number of carbonyl (C=O) groups excluding carboxylic acids is 1. The number of nitrogens with two attached hydrogens (primary N) is 1. The Labute approximate surface area is 144 Å². The van der Waals surface area contributed by atoms with E-state index in [9.17, 15) is 9.18 Å². The van der Waals surface area contributed by atoms with Crippen LogP contribution in [-0.4, -0.2) is 20.9 Å². The van der Waals surface area contributed by atoms with Crippen LogP contribution in [0.25, 0.3) is 0 Å². The van der Waals surface area contributed by atoms with Crippen LogP contribution >= 0.6 is 0 Å². The summed E-state index contributed by atoms with van der Waals surface area (Å²) in [5, 5.41) is 10.6. The summed E-state index contributed by atoms with van der Waals surface area (Å²) in [6.45, 7) is 2.69. The molecule has 0 spiro atoms. The number of amides is 1. The molecule has 0 bridgehead atoms. The number of rotatable bonds is 5. The average Bonchev–Trinajstić information content (AvgIpc) is 2.97. The van der Waals surface area contributed by atoms with Gasteiger partial charge in [0.1, 0.15) is 5.82 Å². The molecule has 0 radical (unpaired) electrons. The van der Waals surface area contributed by atoms with Crippen molar-refractivity contribution in [3.8, 4) is 0 Å². The van der Waals surface area contributed by atoms with Crippen LogP contribution < -0.4 is 11.1 Å². The van der Waals surface area contributed by atoms with E-state index < -0.39 is 5.91 Å². The third-order valence-electron chi connectivity index (χ3n) is 3.94. The molecule has 0 saturated carbocycles. The highest BCUT2D eigenvalue weighted by Gasteiger charge is 2.17. The number of anilines is 1. The van der Waals surface area contributed by atoms with Crippen molar-refractivity contribution in [2.45, 2.75) is 20.0 Å². The Kier molecular flexibility index (Phi) is 4.74. The van der Waals surface area contributed by atoms with Crippen LogP contribution in [0, 0.1) is 12.7 Å². The van der Waals surface area contributed by atoms with Gasteiger partial charge in [-0.2, -0.15) is 0 Å². The van der Waals surface area contributed by atoms with Crippen molar-refractivity contribution in [2.75, 3.05) is 5.73 Å². The zero-order chi connectivity index (χ0) is 17.8. The molecule has 25 heavy (non-hydrogen) atoms. The van der Waals surface area contributed by atoms with Gasteiger partial charge in [-0.1, -0.05) is 41.6 Å². The first-order valence-electron chi connectivity index (χ1n) is 7.80. The maximum Gasteiger partial charge on any atom is 0.275 e. The molecular weight excluding hydrogens is 321 g/mol. The number of benzene rings is 2. The van der Waals surface area contributed by atoms with Crippen LogP contribution in [0.1, 0.15) is 27.2 Å². The largest absolute Gasteiger partial charge is 0.382 e. The van der Waals surface area contributed by atoms with E-state index in [1.54, 1.807) is 12.1 Å². The molecule has 0 aliphatic rings. The van der Waals surface area contributed by atoms with Crippen molar-refractivity contribution >= 4 is 11.7 Å². The molecule has 1 aromatic heterocycles. The van der Waals surface area contributed by atoms with Crippen molar-refractivity contribution in [3.63, 3.8) is 0 Å². The monoisotopic (exact) mass is 339 g/mol. The number of aromatic nitrogens is 3. The van der Waals surface area contributed by atoms with Crippen LogP contribution in [-0.2, 0) is 13.1 Å². The normalized spacial score (nSPS) is 10.6. The Morgan fingerprint density at radius 3 is 2.64 bits per heavy atom. The molecule has 7 heteroatoms. The maximum atomic E-state index is 12.9. The molecule has 6 nitrogen and oxygen atoms in total. The predicted molar refractivity (Wildman–Crippen MR) is 92.3 cm³/mol. The van der Waals surface area contributed by atoms with E-state index in [2.05, 4.69) is 15.6 Å². The molecule has 3 rings (SSSR count). The third-order valence-corrected chi connectivity index (χ3v) is 3.94. The number of aryl methyl sites for hydroxylation is 1. The van der Waals surface area contributed by atoms with Gasteiger partial charge in [-0.15, -0.1) is 5.10 Å². The number of nitrogens with zero attached hydrogens (tertiary/aromatic N) is 3. The Morgan fingerprint density at radius 1 is 1.20 bits per heavy atom. The lowest BCUT2D eigenvalue weighted by molar-refractivity contribution is 0.0946. The Balaban J connectivity index is 1.68. The highest BCUT2D eigenvalue weighted by Crippen LogP contribution is 2.14. The molecule has 1 heterocycles. The lowest BCUT2D eigenvalue weighted by Crippen LogP contribution is -2.24. The van der Waals surface area contributed by atoms with Crippen LogP contribution in [0.5, 0.6) is 0 Å². The summed E-state index contributed by atoms with van der Waals surface area (Å²) in [6, 6.07) is 13.8. The molecule has 2 aromatic carbocycles. The zero-order valence-corrected chi connectivity index (χ0v) is 13.7. The summed E-state index contributed by atoms with van der Waals surface area (Å²) in [6.07, 6.45) is 0. The second-order valence-corrected chi connectivity index (χ2v) is 5.72. The predicted octanol–water partition coefficient (Wildman–Crippen LogP) is 2.29. The fraction of sp³-hybridized carbons (Fsp3) is 0.167. The highest BCUT2D eigenvalue weighted by molar-refractivity contribution is 5.96. The molecular formula is C18H18FN5O. The molecule has 0 atom stereocenters. The molecule has 0 unspecified atom stereocenters. The summed E-state index contributed by atoms with van der Waals surface area (Å²) < 4.78 is 14.4. The lowest BCUT2D eigenvalue weighted by Gasteiger charge is -2.07. The Bertz CT molecular complexity index is 889. The van der Waals surface area contributed by atoms with E-state index in [0.29, 0.717) is 6.54 Å². The first kappa shape index (κ1) is 16.6. The van der Waals surface area contributed by atoms with Gasteiger partial charge in [0.05, 0.1) is 6.54 Å². The maximum absolute atomic E-state index is 12.9. The summed E-state index contributed by atoms with van der Waals surface area (Å²) >= 11 is 0. The molecule has 0 aliphatic carbocycles. The van der Waals surface area contributed by atoms with Crippen LogP contribution in [0.4, 0.5) is 10.2 Å². The van der Waals surface area contributed by atoms with E-state index >= 15 is 0 Å². The van der Waals surface area contributed by atoms with Crippen molar-refractivity contribution in [1.82, 2.24) is 20.3 Å². The number of hydrogen-bond acceptors (Lipinski definition) is 4. The first-order valence-corrected chi connectivity index (χ1v) is 7.80. The smallest absolute Gasteiger partial charge is 0.275 e. The van der Waals surface area contributed by atoms with Gasteiger partial charge in [-0.05, 0) is 35.7 Å². The van der Waals surface area contributed by atoms with Crippen LogP contribution in [0.2, 0.25) is 0 Å². The zero-order valence-electron chi connectivity index (χ0n) is 13.7. The number of nitrogen functional groups attached to an aromatic ring is 1. The van der Waals surface area contributed by atoms with Crippen LogP contribution in [0.3, 0.4) is 0 Å². The second kappa shape index (κ2) is 7.12. The Morgan fingerprint density at radius 2 is 1.92 bits per heavy atom. The van der Waals surface area contributed by atoms with Crippen LogP contribution in [0.15, 0.2) is 48.5 Å². The molecule has 1 amide bonds. The minimum absolute atomic E-state index is 0.0793. The SMILES string of the molecule is Cc1ccccc1Cn1nnc(C(=O)NCc2ccc(F)cc2)c1N. The second-order valence-electron chi connectivity index (χ2n) is 5.72. The molecule has 128 valence electrons. The quantitative estimate of drug-likeness (QED) is 0.747. The van der Waals surface area contributed by atoms with Gasteiger partial charge < -0.3 is 11.1 Å². The van der Waals surface area contributed by atoms with Crippen molar-refractivity contribution in [1.29, 1.82) is 0 Å². The van der Waals surface area contributed by atoms with Gasteiger partial charge >= 0.3 is 0 Å². The third kappa shape index (κ3) is 3.82. The molecule has 0 aliphatic heterocycles. The van der Waals surface area contributed by atoms with Crippen molar-refractivity contribution in [3.05, 3.63) is 76.7 Å². The number of nitrogens with one attached hydrogen (secondary N) is 1. The molecule has 0 saturated heterocycles. The summed E-state index contributed by atoms with van der Waals surface area (Å²) in [5.41, 5.74) is 9.04. The summed E-state index contributed by atoms with van der Waals surface area (Å²) in [5.74, 6) is -0.531. The van der Waals surface area contributed by atoms with Gasteiger partial charge in [0.25, 0.3) is 5.91 Å². The van der Waals surface area contributed by atoms with E-state index in [4.69, 9.17) is 5.73 Å². The molecule has 0 fully saturated rings. The minimum atomic E-state index is -0.419. The fourth-order valence-corrected chi connectivity index (χ4v) is 2.42. The van der Waals surface area contributed by atoms with Crippen molar-refractivity contribution in [2.24, 2.45) is 0 Å². The molecule has 3 aromatic rings. The van der Waals surface area contributed by atoms with E-state index in [-0.39, 0.29) is 23.9 Å². The first-order chi connectivity index (χ1) is 12.0. The average molecular weight is 339 g/mol. The number of carbonyl (C=O) groups is 1. The topological polar surface area (TPSA) is 85.8 Å². The van der Waals surface area contributed by atoms with Gasteiger partial charge in [0, 0.05) is 6.54 Å².